The van der Waals surface area contributed by atoms with Crippen molar-refractivity contribution in [3.63, 3.8) is 0 Å². The summed E-state index contributed by atoms with van der Waals surface area (Å²) >= 11 is 1.67. The summed E-state index contributed by atoms with van der Waals surface area (Å²) in [6, 6.07) is 5.93. The van der Waals surface area contributed by atoms with Crippen molar-refractivity contribution in [1.29, 1.82) is 0 Å². The van der Waals surface area contributed by atoms with Gasteiger partial charge in [-0.3, -0.25) is 0 Å². The van der Waals surface area contributed by atoms with E-state index in [-0.39, 0.29) is 6.10 Å². The number of aliphatic hydroxyl groups excluding tert-OH is 1. The molecular formula is C10H12O2S. The van der Waals surface area contributed by atoms with Gasteiger partial charge in [-0.25, -0.2) is 0 Å². The summed E-state index contributed by atoms with van der Waals surface area (Å²) in [6.45, 7) is 1.88. The van der Waals surface area contributed by atoms with E-state index >= 15 is 0 Å². The summed E-state index contributed by atoms with van der Waals surface area (Å²) in [5.41, 5.74) is 0.916. The Labute approximate surface area is 81.9 Å². The maximum atomic E-state index is 9.74. The van der Waals surface area contributed by atoms with Gasteiger partial charge in [0.25, 0.3) is 0 Å². The third-order valence-electron chi connectivity index (χ3n) is 2.29. The molecular weight excluding hydrogens is 184 g/mol. The predicted octanol–water partition coefficient (Wildman–Crippen LogP) is 2.22. The van der Waals surface area contributed by atoms with Gasteiger partial charge in [0, 0.05) is 10.5 Å². The summed E-state index contributed by atoms with van der Waals surface area (Å²) in [7, 11) is 0. The lowest BCUT2D eigenvalue weighted by atomic mass is 10.1. The Hall–Kier alpha value is -0.670. The molecule has 2 unspecified atom stereocenters. The molecule has 0 bridgehead atoms. The predicted molar refractivity (Wildman–Crippen MR) is 53.3 cm³/mol. The molecule has 0 aromatic heterocycles. The highest BCUT2D eigenvalue weighted by Crippen LogP contribution is 2.38. The van der Waals surface area contributed by atoms with Crippen LogP contribution in [-0.4, -0.2) is 17.5 Å². The first kappa shape index (κ1) is 8.91. The van der Waals surface area contributed by atoms with Crippen molar-refractivity contribution in [3.05, 3.63) is 23.8 Å². The van der Waals surface area contributed by atoms with E-state index in [2.05, 4.69) is 0 Å². The fourth-order valence-corrected chi connectivity index (χ4v) is 1.96. The standard InChI is InChI=1S/C10H12O2S/c1-6-10(11)8-5-7(13-2)3-4-9(8)12-6/h3-6,10-11H,1-2H3. The maximum absolute atomic E-state index is 9.74. The van der Waals surface area contributed by atoms with E-state index in [0.717, 1.165) is 16.2 Å². The van der Waals surface area contributed by atoms with Gasteiger partial charge < -0.3 is 9.84 Å². The average Bonchev–Trinajstić information content (AvgIpc) is 2.43. The zero-order valence-electron chi connectivity index (χ0n) is 7.65. The molecule has 13 heavy (non-hydrogen) atoms. The first-order valence-electron chi connectivity index (χ1n) is 4.25. The highest BCUT2D eigenvalue weighted by molar-refractivity contribution is 7.98. The molecule has 1 aliphatic heterocycles. The molecule has 2 rings (SSSR count). The Balaban J connectivity index is 2.42. The van der Waals surface area contributed by atoms with Crippen molar-refractivity contribution >= 4 is 11.8 Å². The average molecular weight is 196 g/mol. The normalized spacial score (nSPS) is 25.5. The van der Waals surface area contributed by atoms with E-state index in [1.165, 1.54) is 0 Å². The van der Waals surface area contributed by atoms with Gasteiger partial charge in [-0.2, -0.15) is 0 Å². The monoisotopic (exact) mass is 196 g/mol. The van der Waals surface area contributed by atoms with Gasteiger partial charge >= 0.3 is 0 Å². The zero-order chi connectivity index (χ0) is 9.42. The van der Waals surface area contributed by atoms with Gasteiger partial charge in [-0.1, -0.05) is 0 Å². The van der Waals surface area contributed by atoms with Gasteiger partial charge in [0.05, 0.1) is 0 Å². The molecule has 0 aliphatic carbocycles. The van der Waals surface area contributed by atoms with E-state index < -0.39 is 6.10 Å². The van der Waals surface area contributed by atoms with Crippen LogP contribution in [-0.2, 0) is 0 Å². The first-order chi connectivity index (χ1) is 6.22. The second-order valence-electron chi connectivity index (χ2n) is 3.17. The van der Waals surface area contributed by atoms with Crippen LogP contribution in [0, 0.1) is 0 Å². The highest BCUT2D eigenvalue weighted by Gasteiger charge is 2.29. The Kier molecular flexibility index (Phi) is 2.22. The van der Waals surface area contributed by atoms with Crippen LogP contribution < -0.4 is 4.74 Å². The number of benzene rings is 1. The van der Waals surface area contributed by atoms with E-state index in [4.69, 9.17) is 4.74 Å². The topological polar surface area (TPSA) is 29.5 Å². The fourth-order valence-electron chi connectivity index (χ4n) is 1.51. The van der Waals surface area contributed by atoms with Crippen molar-refractivity contribution in [1.82, 2.24) is 0 Å². The summed E-state index contributed by atoms with van der Waals surface area (Å²) < 4.78 is 5.46. The number of ether oxygens (including phenoxy) is 1. The Bertz CT molecular complexity index is 325. The van der Waals surface area contributed by atoms with Crippen LogP contribution in [0.4, 0.5) is 0 Å². The lowest BCUT2D eigenvalue weighted by Gasteiger charge is -2.06. The van der Waals surface area contributed by atoms with E-state index in [9.17, 15) is 5.11 Å². The second-order valence-corrected chi connectivity index (χ2v) is 4.05. The quantitative estimate of drug-likeness (QED) is 0.698. The summed E-state index contributed by atoms with van der Waals surface area (Å²) in [5.74, 6) is 0.817. The highest BCUT2D eigenvalue weighted by atomic mass is 32.2. The first-order valence-corrected chi connectivity index (χ1v) is 5.47. The van der Waals surface area contributed by atoms with Crippen molar-refractivity contribution in [2.45, 2.75) is 24.0 Å². The molecule has 1 aromatic rings. The minimum atomic E-state index is -0.470. The van der Waals surface area contributed by atoms with Crippen molar-refractivity contribution in [2.75, 3.05) is 6.26 Å². The Morgan fingerprint density at radius 2 is 2.23 bits per heavy atom. The van der Waals surface area contributed by atoms with Gasteiger partial charge in [-0.05, 0) is 31.4 Å². The SMILES string of the molecule is CSc1ccc2c(c1)C(O)C(C)O2. The number of aliphatic hydroxyl groups is 1. The van der Waals surface area contributed by atoms with E-state index in [1.807, 2.05) is 31.4 Å². The number of hydrogen-bond acceptors (Lipinski definition) is 3. The smallest absolute Gasteiger partial charge is 0.126 e. The summed E-state index contributed by atoms with van der Waals surface area (Å²) in [5, 5.41) is 9.74. The van der Waals surface area contributed by atoms with Crippen LogP contribution in [0.15, 0.2) is 23.1 Å². The molecule has 0 spiro atoms. The molecule has 0 saturated heterocycles. The third kappa shape index (κ3) is 1.42. The van der Waals surface area contributed by atoms with Crippen molar-refractivity contribution in [2.24, 2.45) is 0 Å². The van der Waals surface area contributed by atoms with E-state index in [0.29, 0.717) is 0 Å². The molecule has 1 heterocycles. The molecule has 1 aliphatic rings. The van der Waals surface area contributed by atoms with Crippen LogP contribution >= 0.6 is 11.8 Å². The number of fused-ring (bicyclic) bond motifs is 1. The van der Waals surface area contributed by atoms with Gasteiger partial charge in [0.2, 0.25) is 0 Å². The lowest BCUT2D eigenvalue weighted by Crippen LogP contribution is -2.12. The van der Waals surface area contributed by atoms with Crippen molar-refractivity contribution in [3.8, 4) is 5.75 Å². The van der Waals surface area contributed by atoms with Crippen LogP contribution in [0.3, 0.4) is 0 Å². The van der Waals surface area contributed by atoms with E-state index in [1.54, 1.807) is 11.8 Å². The second kappa shape index (κ2) is 3.24. The molecule has 1 N–H and O–H groups in total. The molecule has 0 fully saturated rings. The van der Waals surface area contributed by atoms with Crippen LogP contribution in [0.25, 0.3) is 0 Å². The largest absolute Gasteiger partial charge is 0.487 e. The number of rotatable bonds is 1. The molecule has 2 nitrogen and oxygen atoms in total. The molecule has 70 valence electrons. The molecule has 2 atom stereocenters. The lowest BCUT2D eigenvalue weighted by molar-refractivity contribution is 0.0795. The molecule has 1 aromatic carbocycles. The molecule has 3 heteroatoms. The van der Waals surface area contributed by atoms with Crippen LogP contribution in [0.1, 0.15) is 18.6 Å². The molecule has 0 amide bonds. The fraction of sp³-hybridized carbons (Fsp3) is 0.400. The van der Waals surface area contributed by atoms with Gasteiger partial charge in [0.1, 0.15) is 18.0 Å². The third-order valence-corrected chi connectivity index (χ3v) is 3.02. The Morgan fingerprint density at radius 1 is 1.46 bits per heavy atom. The van der Waals surface area contributed by atoms with Gasteiger partial charge in [-0.15, -0.1) is 11.8 Å². The minimum absolute atomic E-state index is 0.118. The minimum Gasteiger partial charge on any atom is -0.487 e. The van der Waals surface area contributed by atoms with Crippen molar-refractivity contribution < 1.29 is 9.84 Å². The Morgan fingerprint density at radius 3 is 2.92 bits per heavy atom. The summed E-state index contributed by atoms with van der Waals surface area (Å²) in [4.78, 5) is 1.16. The summed E-state index contributed by atoms with van der Waals surface area (Å²) in [6.07, 6.45) is 1.43. The van der Waals surface area contributed by atoms with Crippen LogP contribution in [0.2, 0.25) is 0 Å². The van der Waals surface area contributed by atoms with Crippen LogP contribution in [0.5, 0.6) is 5.75 Å². The molecule has 0 saturated carbocycles. The number of hydrogen-bond donors (Lipinski definition) is 1. The number of thioether (sulfide) groups is 1. The maximum Gasteiger partial charge on any atom is 0.126 e. The zero-order valence-corrected chi connectivity index (χ0v) is 8.47. The molecule has 0 radical (unpaired) electrons. The van der Waals surface area contributed by atoms with Gasteiger partial charge in [0.15, 0.2) is 0 Å².